The van der Waals surface area contributed by atoms with Crippen LogP contribution in [0.4, 0.5) is 15.0 Å². The molecule has 0 aliphatic carbocycles. The number of terminal acetylenes is 1. The van der Waals surface area contributed by atoms with Crippen LogP contribution < -0.4 is 10.1 Å². The largest absolute Gasteiger partial charge is 0.497 e. The van der Waals surface area contributed by atoms with Gasteiger partial charge >= 0.3 is 12.1 Å². The standard InChI is InChI=1S/C47H54FN5O8/c1-7-9-10-11-12-19-24-36(41(54)55)38-45(57,8-2)42(53-31-51-37-39(49-30-50-40(37)53)52-43(56)61-44(3,4)5)60-46(38,48)29-59-47(32-20-15-13-16-21-32,33-22-17-14-18-23-33)34-25-27-35(58-6)28-26-34/h2,13-18,20-23,25-28,30-31,36,38,42,57H,7,9-12,19,24,29H2,1,3-6H3,(H,54,55)(H,49,50,52,56)/t36-,38?,42?,45?,46?/m0/s1. The fourth-order valence-electron chi connectivity index (χ4n) is 8.21. The second kappa shape index (κ2) is 18.8. The Balaban J connectivity index is 1.48. The average Bonchev–Trinajstić information content (AvgIpc) is 3.78. The number of aromatic nitrogens is 4. The van der Waals surface area contributed by atoms with Crippen LogP contribution in [0.25, 0.3) is 11.2 Å². The highest BCUT2D eigenvalue weighted by Crippen LogP contribution is 2.55. The van der Waals surface area contributed by atoms with Gasteiger partial charge in [-0.1, -0.05) is 124 Å². The van der Waals surface area contributed by atoms with Crippen LogP contribution in [0.3, 0.4) is 0 Å². The average molecular weight is 836 g/mol. The van der Waals surface area contributed by atoms with E-state index in [2.05, 4.69) is 33.1 Å². The van der Waals surface area contributed by atoms with Gasteiger partial charge in [0, 0.05) is 0 Å². The molecule has 13 nitrogen and oxygen atoms in total. The molecule has 0 radical (unpaired) electrons. The molecule has 0 saturated carbocycles. The minimum Gasteiger partial charge on any atom is -0.497 e. The van der Waals surface area contributed by atoms with E-state index in [9.17, 15) is 19.8 Å². The highest BCUT2D eigenvalue weighted by atomic mass is 19.2. The molecule has 5 aromatic rings. The zero-order valence-electron chi connectivity index (χ0n) is 35.2. The summed E-state index contributed by atoms with van der Waals surface area (Å²) in [6.07, 6.45) is 11.0. The van der Waals surface area contributed by atoms with Gasteiger partial charge in [0.2, 0.25) is 5.85 Å². The number of unbranched alkanes of at least 4 members (excludes halogenated alkanes) is 5. The van der Waals surface area contributed by atoms with Crippen molar-refractivity contribution in [3.05, 3.63) is 114 Å². The Kier molecular flexibility index (Phi) is 13.8. The number of methoxy groups -OCH3 is 1. The van der Waals surface area contributed by atoms with Gasteiger partial charge in [-0.15, -0.1) is 6.42 Å². The molecule has 1 amide bonds. The van der Waals surface area contributed by atoms with E-state index in [1.807, 2.05) is 72.8 Å². The summed E-state index contributed by atoms with van der Waals surface area (Å²) in [7, 11) is 1.55. The summed E-state index contributed by atoms with van der Waals surface area (Å²) in [6, 6.07) is 25.7. The first-order valence-corrected chi connectivity index (χ1v) is 20.6. The normalized spacial score (nSPS) is 20.8. The van der Waals surface area contributed by atoms with Crippen molar-refractivity contribution in [2.24, 2.45) is 11.8 Å². The number of carbonyl (C=O) groups excluding carboxylic acids is 1. The van der Waals surface area contributed by atoms with Crippen molar-refractivity contribution < 1.29 is 43.1 Å². The van der Waals surface area contributed by atoms with Crippen molar-refractivity contribution in [1.29, 1.82) is 0 Å². The number of nitrogens with zero attached hydrogens (tertiary/aromatic N) is 4. The first-order valence-electron chi connectivity index (χ1n) is 20.6. The monoisotopic (exact) mass is 835 g/mol. The highest BCUT2D eigenvalue weighted by molar-refractivity contribution is 5.93. The van der Waals surface area contributed by atoms with Gasteiger partial charge in [0.25, 0.3) is 0 Å². The Bertz CT molecular complexity index is 2260. The molecule has 61 heavy (non-hydrogen) atoms. The van der Waals surface area contributed by atoms with E-state index < -0.39 is 59.4 Å². The SMILES string of the molecule is C#CC1(O)C(n2cnc3c(NC(=O)OC(C)(C)C)ncnc32)OC(F)(COC(c2ccccc2)(c2ccccc2)c2ccc(OC)cc2)C1[C@H](CCCCCCCC)C(=O)O. The molecule has 3 aromatic carbocycles. The van der Waals surface area contributed by atoms with Crippen molar-refractivity contribution in [3.8, 4) is 18.1 Å². The van der Waals surface area contributed by atoms with Crippen LogP contribution in [-0.4, -0.2) is 72.6 Å². The van der Waals surface area contributed by atoms with Crippen molar-refractivity contribution in [2.45, 2.75) is 102 Å². The lowest BCUT2D eigenvalue weighted by molar-refractivity contribution is -0.224. The third kappa shape index (κ3) is 9.39. The molecule has 1 aliphatic rings. The van der Waals surface area contributed by atoms with Crippen LogP contribution in [0, 0.1) is 24.2 Å². The quantitative estimate of drug-likeness (QED) is 0.0439. The number of nitrogens with one attached hydrogen (secondary N) is 1. The molecular formula is C47H54FN5O8. The number of imidazole rings is 1. The predicted octanol–water partition coefficient (Wildman–Crippen LogP) is 8.82. The number of aliphatic carboxylic acids is 1. The summed E-state index contributed by atoms with van der Waals surface area (Å²) in [5.74, 6) is -4.89. The molecule has 1 fully saturated rings. The molecule has 4 unspecified atom stereocenters. The summed E-state index contributed by atoms with van der Waals surface area (Å²) in [6.45, 7) is 6.33. The number of benzene rings is 3. The number of hydrogen-bond acceptors (Lipinski definition) is 10. The number of ether oxygens (including phenoxy) is 4. The van der Waals surface area contributed by atoms with Gasteiger partial charge in [0.1, 0.15) is 29.9 Å². The van der Waals surface area contributed by atoms with E-state index in [0.29, 0.717) is 35.3 Å². The van der Waals surface area contributed by atoms with Gasteiger partial charge in [0.15, 0.2) is 28.8 Å². The van der Waals surface area contributed by atoms with Crippen molar-refractivity contribution in [2.75, 3.05) is 19.0 Å². The van der Waals surface area contributed by atoms with Crippen LogP contribution in [0.2, 0.25) is 0 Å². The first kappa shape index (κ1) is 44.7. The molecule has 0 bridgehead atoms. The smallest absolute Gasteiger partial charge is 0.413 e. The summed E-state index contributed by atoms with van der Waals surface area (Å²) < 4.78 is 44.1. The number of carbonyl (C=O) groups is 2. The van der Waals surface area contributed by atoms with Gasteiger partial charge in [-0.2, -0.15) is 0 Å². The molecule has 1 aliphatic heterocycles. The Hall–Kier alpha value is -5.88. The zero-order valence-corrected chi connectivity index (χ0v) is 35.2. The molecule has 14 heteroatoms. The predicted molar refractivity (Wildman–Crippen MR) is 227 cm³/mol. The highest BCUT2D eigenvalue weighted by Gasteiger charge is 2.69. The summed E-state index contributed by atoms with van der Waals surface area (Å²) in [5, 5.41) is 26.2. The number of halogens is 1. The maximum absolute atomic E-state index is 18.8. The Morgan fingerprint density at radius 3 is 2.11 bits per heavy atom. The van der Waals surface area contributed by atoms with Crippen LogP contribution in [0.5, 0.6) is 5.75 Å². The van der Waals surface area contributed by atoms with Gasteiger partial charge in [0.05, 0.1) is 25.3 Å². The zero-order chi connectivity index (χ0) is 43.8. The number of aliphatic hydroxyl groups is 1. The Labute approximate surface area is 355 Å². The number of anilines is 1. The molecular weight excluding hydrogens is 782 g/mol. The van der Waals surface area contributed by atoms with Gasteiger partial charge in [-0.05, 0) is 56.0 Å². The lowest BCUT2D eigenvalue weighted by Crippen LogP contribution is -2.52. The van der Waals surface area contributed by atoms with E-state index >= 15 is 4.39 Å². The number of amides is 1. The molecule has 1 saturated heterocycles. The number of fused-ring (bicyclic) bond motifs is 1. The summed E-state index contributed by atoms with van der Waals surface area (Å²) in [4.78, 5) is 39.0. The number of hydrogen-bond donors (Lipinski definition) is 3. The second-order valence-electron chi connectivity index (χ2n) is 16.3. The van der Waals surface area contributed by atoms with Gasteiger partial charge in [-0.3, -0.25) is 14.7 Å². The molecule has 3 N–H and O–H groups in total. The number of alkyl halides is 1. The fraction of sp³-hybridized carbons (Fsp3) is 0.426. The summed E-state index contributed by atoms with van der Waals surface area (Å²) in [5.41, 5.74) is -2.99. The van der Waals surface area contributed by atoms with Gasteiger partial charge in [-0.25, -0.2) is 24.1 Å². The van der Waals surface area contributed by atoms with E-state index in [1.54, 1.807) is 40.0 Å². The number of carboxylic acid groups (broad SMARTS) is 1. The number of rotatable bonds is 18. The topological polar surface area (TPSA) is 167 Å². The second-order valence-corrected chi connectivity index (χ2v) is 16.3. The van der Waals surface area contributed by atoms with Gasteiger partial charge < -0.3 is 29.2 Å². The maximum atomic E-state index is 18.8. The lowest BCUT2D eigenvalue weighted by atomic mass is 9.73. The van der Waals surface area contributed by atoms with Crippen molar-refractivity contribution in [3.63, 3.8) is 0 Å². The van der Waals surface area contributed by atoms with Crippen LogP contribution >= 0.6 is 0 Å². The molecule has 2 aromatic heterocycles. The molecule has 5 atom stereocenters. The summed E-state index contributed by atoms with van der Waals surface area (Å²) >= 11 is 0. The molecule has 3 heterocycles. The number of carboxylic acids is 1. The maximum Gasteiger partial charge on any atom is 0.413 e. The molecule has 6 rings (SSSR count). The minimum atomic E-state index is -3.04. The lowest BCUT2D eigenvalue weighted by Gasteiger charge is -2.40. The van der Waals surface area contributed by atoms with E-state index in [4.69, 9.17) is 25.4 Å². The van der Waals surface area contributed by atoms with Crippen LogP contribution in [0.1, 0.15) is 95.6 Å². The third-order valence-corrected chi connectivity index (χ3v) is 11.0. The Morgan fingerprint density at radius 2 is 1.54 bits per heavy atom. The Morgan fingerprint density at radius 1 is 0.934 bits per heavy atom. The van der Waals surface area contributed by atoms with Crippen LogP contribution in [0.15, 0.2) is 97.6 Å². The van der Waals surface area contributed by atoms with E-state index in [0.717, 1.165) is 32.0 Å². The fourth-order valence-corrected chi connectivity index (χ4v) is 8.21. The third-order valence-electron chi connectivity index (χ3n) is 11.0. The minimum absolute atomic E-state index is 0.00430. The van der Waals surface area contributed by atoms with E-state index in [-0.39, 0.29) is 23.4 Å². The van der Waals surface area contributed by atoms with Crippen LogP contribution in [-0.2, 0) is 24.6 Å². The van der Waals surface area contributed by atoms with Crippen molar-refractivity contribution in [1.82, 2.24) is 19.5 Å². The van der Waals surface area contributed by atoms with Crippen molar-refractivity contribution >= 4 is 29.0 Å². The first-order chi connectivity index (χ1) is 29.2. The molecule has 0 spiro atoms. The van der Waals surface area contributed by atoms with E-state index in [1.165, 1.54) is 10.9 Å². The molecule has 322 valence electrons.